The third-order valence-electron chi connectivity index (χ3n) is 3.57. The molecule has 0 saturated heterocycles. The van der Waals surface area contributed by atoms with E-state index in [4.69, 9.17) is 5.11 Å². The van der Waals surface area contributed by atoms with Gasteiger partial charge in [0.05, 0.1) is 34.7 Å². The van der Waals surface area contributed by atoms with Crippen LogP contribution in [0.15, 0.2) is 24.3 Å². The highest BCUT2D eigenvalue weighted by molar-refractivity contribution is 8.00. The highest BCUT2D eigenvalue weighted by atomic mass is 32.2. The van der Waals surface area contributed by atoms with Crippen molar-refractivity contribution in [3.05, 3.63) is 30.1 Å². The molecule has 0 aliphatic carbocycles. The minimum atomic E-state index is -0.153. The molecule has 0 fully saturated rings. The summed E-state index contributed by atoms with van der Waals surface area (Å²) in [4.78, 5) is 21.4. The summed E-state index contributed by atoms with van der Waals surface area (Å²) in [6.45, 7) is 3.84. The minimum Gasteiger partial charge on any atom is -0.394 e. The van der Waals surface area contributed by atoms with E-state index in [0.717, 1.165) is 16.9 Å². The number of rotatable bonds is 6. The lowest BCUT2D eigenvalue weighted by Gasteiger charge is -2.23. The Morgan fingerprint density at radius 3 is 2.81 bits per heavy atom. The summed E-state index contributed by atoms with van der Waals surface area (Å²) in [5.41, 5.74) is 1.95. The van der Waals surface area contributed by atoms with E-state index in [1.807, 2.05) is 38.1 Å². The molecule has 114 valence electrons. The molecule has 5 nitrogen and oxygen atoms in total. The number of nitrogens with one attached hydrogen (secondary N) is 1. The second-order valence-corrected chi connectivity index (χ2v) is 6.46. The van der Waals surface area contributed by atoms with Gasteiger partial charge in [0.15, 0.2) is 0 Å². The van der Waals surface area contributed by atoms with E-state index in [1.165, 1.54) is 0 Å². The molecule has 0 aliphatic heterocycles. The average molecular weight is 307 g/mol. The first kappa shape index (κ1) is 15.9. The van der Waals surface area contributed by atoms with Crippen molar-refractivity contribution in [2.45, 2.75) is 25.1 Å². The topological polar surface area (TPSA) is 69.2 Å². The number of para-hydroxylation sites is 2. The predicted molar refractivity (Wildman–Crippen MR) is 86.3 cm³/mol. The van der Waals surface area contributed by atoms with E-state index in [2.05, 4.69) is 9.97 Å². The van der Waals surface area contributed by atoms with Crippen LogP contribution in [0.3, 0.4) is 0 Å². The van der Waals surface area contributed by atoms with Gasteiger partial charge < -0.3 is 15.0 Å². The number of imidazole rings is 1. The third kappa shape index (κ3) is 3.77. The van der Waals surface area contributed by atoms with Crippen molar-refractivity contribution < 1.29 is 9.90 Å². The number of aliphatic hydroxyl groups excluding tert-OH is 1. The molecule has 1 amide bonds. The largest absolute Gasteiger partial charge is 0.394 e. The van der Waals surface area contributed by atoms with Crippen LogP contribution in [0, 0.1) is 0 Å². The Hall–Kier alpha value is -1.53. The van der Waals surface area contributed by atoms with Crippen LogP contribution in [-0.2, 0) is 4.79 Å². The SMILES string of the molecule is CC(SCC(=O)N(C)C(C)CO)c1nc2ccccc2[nH]1. The number of hydrogen-bond acceptors (Lipinski definition) is 4. The molecule has 0 radical (unpaired) electrons. The fourth-order valence-electron chi connectivity index (χ4n) is 1.91. The zero-order chi connectivity index (χ0) is 15.4. The number of carbonyl (C=O) groups excluding carboxylic acids is 1. The van der Waals surface area contributed by atoms with E-state index >= 15 is 0 Å². The van der Waals surface area contributed by atoms with Crippen LogP contribution in [0.25, 0.3) is 11.0 Å². The third-order valence-corrected chi connectivity index (χ3v) is 4.71. The molecule has 2 aromatic rings. The van der Waals surface area contributed by atoms with Gasteiger partial charge in [-0.2, -0.15) is 0 Å². The molecule has 0 saturated carbocycles. The van der Waals surface area contributed by atoms with Gasteiger partial charge in [-0.3, -0.25) is 4.79 Å². The van der Waals surface area contributed by atoms with Crippen LogP contribution in [0.4, 0.5) is 0 Å². The highest BCUT2D eigenvalue weighted by Crippen LogP contribution is 2.27. The fraction of sp³-hybridized carbons (Fsp3) is 0.467. The molecule has 6 heteroatoms. The Morgan fingerprint density at radius 1 is 1.43 bits per heavy atom. The lowest BCUT2D eigenvalue weighted by molar-refractivity contribution is -0.129. The smallest absolute Gasteiger partial charge is 0.232 e. The van der Waals surface area contributed by atoms with Gasteiger partial charge in [0.2, 0.25) is 5.91 Å². The first-order chi connectivity index (χ1) is 10.0. The number of fused-ring (bicyclic) bond motifs is 1. The Kier molecular flexibility index (Phi) is 5.25. The van der Waals surface area contributed by atoms with Gasteiger partial charge >= 0.3 is 0 Å². The van der Waals surface area contributed by atoms with Crippen LogP contribution in [0.5, 0.6) is 0 Å². The summed E-state index contributed by atoms with van der Waals surface area (Å²) in [5, 5.41) is 9.18. The standard InChI is InChI=1S/C15H21N3O2S/c1-10(8-19)18(3)14(20)9-21-11(2)15-16-12-6-4-5-7-13(12)17-15/h4-7,10-11,19H,8-9H2,1-3H3,(H,16,17). The molecular formula is C15H21N3O2S. The molecule has 0 aliphatic rings. The van der Waals surface area contributed by atoms with Crippen LogP contribution in [0.2, 0.25) is 0 Å². The van der Waals surface area contributed by atoms with Gasteiger partial charge in [-0.15, -0.1) is 11.8 Å². The van der Waals surface area contributed by atoms with Gasteiger partial charge in [0.25, 0.3) is 0 Å². The summed E-state index contributed by atoms with van der Waals surface area (Å²) in [6, 6.07) is 7.73. The molecule has 21 heavy (non-hydrogen) atoms. The van der Waals surface area contributed by atoms with Crippen molar-refractivity contribution >= 4 is 28.7 Å². The number of aromatic nitrogens is 2. The summed E-state index contributed by atoms with van der Waals surface area (Å²) >= 11 is 1.54. The highest BCUT2D eigenvalue weighted by Gasteiger charge is 2.18. The van der Waals surface area contributed by atoms with Crippen molar-refractivity contribution in [3.63, 3.8) is 0 Å². The van der Waals surface area contributed by atoms with E-state index in [1.54, 1.807) is 23.7 Å². The molecular weight excluding hydrogens is 286 g/mol. The number of likely N-dealkylation sites (N-methyl/N-ethyl adjacent to an activating group) is 1. The quantitative estimate of drug-likeness (QED) is 0.858. The maximum Gasteiger partial charge on any atom is 0.232 e. The van der Waals surface area contributed by atoms with E-state index < -0.39 is 0 Å². The number of amides is 1. The fourth-order valence-corrected chi connectivity index (χ4v) is 2.78. The van der Waals surface area contributed by atoms with Crippen LogP contribution < -0.4 is 0 Å². The van der Waals surface area contributed by atoms with E-state index in [-0.39, 0.29) is 23.8 Å². The molecule has 1 aromatic heterocycles. The second kappa shape index (κ2) is 6.95. The number of aromatic amines is 1. The van der Waals surface area contributed by atoms with Gasteiger partial charge in [-0.1, -0.05) is 12.1 Å². The number of thioether (sulfide) groups is 1. The lowest BCUT2D eigenvalue weighted by atomic mass is 10.3. The van der Waals surface area contributed by atoms with Crippen molar-refractivity contribution in [2.75, 3.05) is 19.4 Å². The van der Waals surface area contributed by atoms with Crippen LogP contribution >= 0.6 is 11.8 Å². The second-order valence-electron chi connectivity index (χ2n) is 5.13. The number of aliphatic hydroxyl groups is 1. The van der Waals surface area contributed by atoms with Crippen LogP contribution in [-0.4, -0.2) is 51.3 Å². The first-order valence-electron chi connectivity index (χ1n) is 6.95. The van der Waals surface area contributed by atoms with E-state index in [9.17, 15) is 4.79 Å². The zero-order valence-corrected chi connectivity index (χ0v) is 13.4. The maximum absolute atomic E-state index is 12.0. The molecule has 0 spiro atoms. The summed E-state index contributed by atoms with van der Waals surface area (Å²) in [5.74, 6) is 1.27. The van der Waals surface area contributed by atoms with Crippen molar-refractivity contribution in [2.24, 2.45) is 0 Å². The molecule has 1 aromatic carbocycles. The Morgan fingerprint density at radius 2 is 2.14 bits per heavy atom. The normalized spacial score (nSPS) is 14.1. The molecule has 2 unspecified atom stereocenters. The molecule has 2 N–H and O–H groups in total. The lowest BCUT2D eigenvalue weighted by Crippen LogP contribution is -2.38. The number of carbonyl (C=O) groups is 1. The molecule has 0 bridgehead atoms. The zero-order valence-electron chi connectivity index (χ0n) is 12.5. The minimum absolute atomic E-state index is 0.0181. The Labute approximate surface area is 128 Å². The van der Waals surface area contributed by atoms with Gasteiger partial charge in [0.1, 0.15) is 5.82 Å². The number of nitrogens with zero attached hydrogens (tertiary/aromatic N) is 2. The average Bonchev–Trinajstić information content (AvgIpc) is 2.94. The predicted octanol–water partition coefficient (Wildman–Crippen LogP) is 2.20. The summed E-state index contributed by atoms with van der Waals surface area (Å²) in [7, 11) is 1.72. The monoisotopic (exact) mass is 307 g/mol. The Bertz CT molecular complexity index is 581. The van der Waals surface area contributed by atoms with Crippen molar-refractivity contribution in [3.8, 4) is 0 Å². The van der Waals surface area contributed by atoms with Crippen molar-refractivity contribution in [1.82, 2.24) is 14.9 Å². The molecule has 2 rings (SSSR count). The van der Waals surface area contributed by atoms with Gasteiger partial charge in [-0.05, 0) is 26.0 Å². The van der Waals surface area contributed by atoms with E-state index in [0.29, 0.717) is 5.75 Å². The van der Waals surface area contributed by atoms with Crippen molar-refractivity contribution in [1.29, 1.82) is 0 Å². The van der Waals surface area contributed by atoms with Crippen LogP contribution in [0.1, 0.15) is 24.9 Å². The van der Waals surface area contributed by atoms with Gasteiger partial charge in [-0.25, -0.2) is 4.98 Å². The van der Waals surface area contributed by atoms with Gasteiger partial charge in [0, 0.05) is 7.05 Å². The molecule has 1 heterocycles. The summed E-state index contributed by atoms with van der Waals surface area (Å²) < 4.78 is 0. The molecule has 2 atom stereocenters. The Balaban J connectivity index is 1.95. The number of H-pyrrole nitrogens is 1. The first-order valence-corrected chi connectivity index (χ1v) is 8.00. The summed E-state index contributed by atoms with van der Waals surface area (Å²) in [6.07, 6.45) is 0. The number of hydrogen-bond donors (Lipinski definition) is 2. The maximum atomic E-state index is 12.0. The number of benzene rings is 1.